The summed E-state index contributed by atoms with van der Waals surface area (Å²) in [6.07, 6.45) is 4.59. The van der Waals surface area contributed by atoms with Crippen molar-refractivity contribution in [2.45, 2.75) is 50.7 Å². The fourth-order valence-corrected chi connectivity index (χ4v) is 4.02. The fraction of sp³-hybridized carbons (Fsp3) is 0.529. The van der Waals surface area contributed by atoms with E-state index < -0.39 is 5.97 Å². The molecular formula is C17H20N2O2. The lowest BCUT2D eigenvalue weighted by atomic mass is 9.88. The van der Waals surface area contributed by atoms with E-state index in [1.165, 1.54) is 0 Å². The molecule has 0 radical (unpaired) electrons. The predicted octanol–water partition coefficient (Wildman–Crippen LogP) is 2.78. The first-order valence-corrected chi connectivity index (χ1v) is 7.63. The van der Waals surface area contributed by atoms with Gasteiger partial charge in [-0.1, -0.05) is 18.2 Å². The number of carbonyl (C=O) groups is 1. The molecule has 2 fully saturated rings. The summed E-state index contributed by atoms with van der Waals surface area (Å²) in [5.74, 6) is -0.356. The molecule has 0 aliphatic carbocycles. The third-order valence-corrected chi connectivity index (χ3v) is 4.94. The van der Waals surface area contributed by atoms with Gasteiger partial charge < -0.3 is 5.11 Å². The van der Waals surface area contributed by atoms with Crippen molar-refractivity contribution >= 4 is 5.97 Å². The van der Waals surface area contributed by atoms with E-state index in [1.807, 2.05) is 24.3 Å². The smallest absolute Gasteiger partial charge is 0.303 e. The maximum absolute atomic E-state index is 10.9. The molecule has 0 saturated carbocycles. The lowest BCUT2D eigenvalue weighted by Gasteiger charge is -2.38. The Morgan fingerprint density at radius 3 is 2.57 bits per heavy atom. The Morgan fingerprint density at radius 2 is 1.95 bits per heavy atom. The lowest BCUT2D eigenvalue weighted by Crippen LogP contribution is -2.42. The van der Waals surface area contributed by atoms with Crippen molar-refractivity contribution in [3.63, 3.8) is 0 Å². The molecule has 0 amide bonds. The average Bonchev–Trinajstić information content (AvgIpc) is 2.70. The molecule has 0 aromatic heterocycles. The lowest BCUT2D eigenvalue weighted by molar-refractivity contribution is -0.138. The van der Waals surface area contributed by atoms with Gasteiger partial charge in [0.25, 0.3) is 0 Å². The number of benzene rings is 1. The highest BCUT2D eigenvalue weighted by atomic mass is 16.4. The fourth-order valence-electron chi connectivity index (χ4n) is 4.02. The van der Waals surface area contributed by atoms with Gasteiger partial charge >= 0.3 is 5.97 Å². The number of hydrogen-bond acceptors (Lipinski definition) is 3. The second-order valence-electron chi connectivity index (χ2n) is 6.26. The molecule has 2 saturated heterocycles. The summed E-state index contributed by atoms with van der Waals surface area (Å²) < 4.78 is 0. The minimum atomic E-state index is -0.678. The van der Waals surface area contributed by atoms with Crippen molar-refractivity contribution in [1.82, 2.24) is 4.90 Å². The first-order valence-electron chi connectivity index (χ1n) is 7.63. The third kappa shape index (κ3) is 2.93. The molecule has 4 nitrogen and oxygen atoms in total. The van der Waals surface area contributed by atoms with Gasteiger partial charge in [0.05, 0.1) is 11.6 Å². The molecule has 2 atom stereocenters. The summed E-state index contributed by atoms with van der Waals surface area (Å²) in [6, 6.07) is 11.0. The minimum absolute atomic E-state index is 0.301. The summed E-state index contributed by atoms with van der Waals surface area (Å²) in [4.78, 5) is 13.4. The summed E-state index contributed by atoms with van der Waals surface area (Å²) in [6.45, 7) is 0.818. The molecule has 2 aliphatic heterocycles. The Balaban J connectivity index is 1.71. The van der Waals surface area contributed by atoms with Crippen LogP contribution < -0.4 is 0 Å². The zero-order valence-corrected chi connectivity index (χ0v) is 12.0. The maximum Gasteiger partial charge on any atom is 0.303 e. The van der Waals surface area contributed by atoms with Crippen LogP contribution in [0.25, 0.3) is 0 Å². The highest BCUT2D eigenvalue weighted by molar-refractivity contribution is 5.67. The number of fused-ring (bicyclic) bond motifs is 2. The van der Waals surface area contributed by atoms with Crippen molar-refractivity contribution in [3.05, 3.63) is 35.4 Å². The number of rotatable bonds is 4. The second kappa shape index (κ2) is 5.87. The van der Waals surface area contributed by atoms with E-state index in [2.05, 4.69) is 11.0 Å². The zero-order chi connectivity index (χ0) is 14.8. The quantitative estimate of drug-likeness (QED) is 0.923. The predicted molar refractivity (Wildman–Crippen MR) is 78.5 cm³/mol. The molecule has 1 N–H and O–H groups in total. The molecule has 4 heteroatoms. The van der Waals surface area contributed by atoms with Crippen LogP contribution in [0, 0.1) is 17.2 Å². The Hall–Kier alpha value is -1.86. The second-order valence-corrected chi connectivity index (χ2v) is 6.26. The molecule has 0 spiro atoms. The van der Waals surface area contributed by atoms with Gasteiger partial charge in [0.15, 0.2) is 0 Å². The Bertz CT molecular complexity index is 564. The number of nitriles is 1. The normalized spacial score (nSPS) is 28.2. The Kier molecular flexibility index (Phi) is 3.94. The van der Waals surface area contributed by atoms with Crippen LogP contribution in [0.2, 0.25) is 0 Å². The average molecular weight is 284 g/mol. The van der Waals surface area contributed by atoms with E-state index in [1.54, 1.807) is 0 Å². The first-order chi connectivity index (χ1) is 10.2. The van der Waals surface area contributed by atoms with Crippen molar-refractivity contribution in [3.8, 4) is 6.07 Å². The molecular weight excluding hydrogens is 264 g/mol. The molecule has 2 bridgehead atoms. The summed E-state index contributed by atoms with van der Waals surface area (Å²) in [7, 11) is 0. The van der Waals surface area contributed by atoms with Gasteiger partial charge in [-0.05, 0) is 43.2 Å². The van der Waals surface area contributed by atoms with E-state index in [0.717, 1.165) is 43.4 Å². The van der Waals surface area contributed by atoms with Crippen molar-refractivity contribution in [2.75, 3.05) is 0 Å². The number of nitrogens with zero attached hydrogens (tertiary/aromatic N) is 2. The van der Waals surface area contributed by atoms with Gasteiger partial charge in [-0.15, -0.1) is 0 Å². The van der Waals surface area contributed by atoms with Crippen LogP contribution in [0.4, 0.5) is 0 Å². The number of piperidine rings is 1. The highest BCUT2D eigenvalue weighted by Gasteiger charge is 2.41. The number of aliphatic carboxylic acids is 1. The van der Waals surface area contributed by atoms with Crippen LogP contribution in [0.5, 0.6) is 0 Å². The van der Waals surface area contributed by atoms with Gasteiger partial charge in [0, 0.05) is 25.0 Å². The van der Waals surface area contributed by atoms with E-state index in [0.29, 0.717) is 24.4 Å². The zero-order valence-electron chi connectivity index (χ0n) is 12.0. The number of carboxylic acids is 1. The molecule has 2 unspecified atom stereocenters. The van der Waals surface area contributed by atoms with Gasteiger partial charge in [0.2, 0.25) is 0 Å². The number of hydrogen-bond donors (Lipinski definition) is 1. The molecule has 2 aliphatic rings. The van der Waals surface area contributed by atoms with Crippen LogP contribution in [-0.2, 0) is 11.3 Å². The van der Waals surface area contributed by atoms with Crippen LogP contribution in [0.3, 0.4) is 0 Å². The Morgan fingerprint density at radius 1 is 1.29 bits per heavy atom. The summed E-state index contributed by atoms with van der Waals surface area (Å²) >= 11 is 0. The Labute approximate surface area is 125 Å². The van der Waals surface area contributed by atoms with Crippen molar-refractivity contribution in [1.29, 1.82) is 5.26 Å². The van der Waals surface area contributed by atoms with E-state index in [-0.39, 0.29) is 0 Å². The standard InChI is InChI=1S/C17H20N2O2/c18-10-13-3-1-2-4-14(13)11-19-15-5-6-16(19)8-12(7-15)9-17(20)21/h1-4,12,15-16H,5-9,11H2,(H,20,21). The number of carboxylic acid groups (broad SMARTS) is 1. The van der Waals surface area contributed by atoms with Crippen LogP contribution in [0.15, 0.2) is 24.3 Å². The SMILES string of the molecule is N#Cc1ccccc1CN1C2CCC1CC(CC(=O)O)C2. The third-order valence-electron chi connectivity index (χ3n) is 4.94. The van der Waals surface area contributed by atoms with E-state index in [9.17, 15) is 10.1 Å². The van der Waals surface area contributed by atoms with Gasteiger partial charge in [-0.2, -0.15) is 5.26 Å². The topological polar surface area (TPSA) is 64.3 Å². The van der Waals surface area contributed by atoms with Gasteiger partial charge in [0.1, 0.15) is 0 Å². The maximum atomic E-state index is 10.9. The van der Waals surface area contributed by atoms with Gasteiger partial charge in [-0.25, -0.2) is 0 Å². The molecule has 21 heavy (non-hydrogen) atoms. The highest BCUT2D eigenvalue weighted by Crippen LogP contribution is 2.40. The molecule has 110 valence electrons. The van der Waals surface area contributed by atoms with E-state index in [4.69, 9.17) is 5.11 Å². The largest absolute Gasteiger partial charge is 0.481 e. The monoisotopic (exact) mass is 284 g/mol. The minimum Gasteiger partial charge on any atom is -0.481 e. The van der Waals surface area contributed by atoms with Crippen molar-refractivity contribution in [2.24, 2.45) is 5.92 Å². The van der Waals surface area contributed by atoms with E-state index >= 15 is 0 Å². The molecule has 1 aromatic carbocycles. The van der Waals surface area contributed by atoms with Crippen LogP contribution in [0.1, 0.15) is 43.2 Å². The first kappa shape index (κ1) is 14.1. The van der Waals surface area contributed by atoms with Gasteiger partial charge in [-0.3, -0.25) is 9.69 Å². The molecule has 2 heterocycles. The van der Waals surface area contributed by atoms with Crippen LogP contribution in [-0.4, -0.2) is 28.1 Å². The molecule has 1 aromatic rings. The molecule has 3 rings (SSSR count). The summed E-state index contributed by atoms with van der Waals surface area (Å²) in [5.41, 5.74) is 1.85. The van der Waals surface area contributed by atoms with Crippen molar-refractivity contribution < 1.29 is 9.90 Å². The summed E-state index contributed by atoms with van der Waals surface area (Å²) in [5, 5.41) is 18.2. The van der Waals surface area contributed by atoms with Crippen LogP contribution >= 0.6 is 0 Å².